The lowest BCUT2D eigenvalue weighted by Gasteiger charge is -2.14. The molecular formula is C25H28N4O3. The van der Waals surface area contributed by atoms with E-state index in [0.29, 0.717) is 29.9 Å². The van der Waals surface area contributed by atoms with Crippen LogP contribution in [0.3, 0.4) is 0 Å². The Morgan fingerprint density at radius 3 is 2.56 bits per heavy atom. The molecule has 166 valence electrons. The molecule has 2 aromatic carbocycles. The summed E-state index contributed by atoms with van der Waals surface area (Å²) in [7, 11) is 0. The van der Waals surface area contributed by atoms with Crippen LogP contribution in [0.4, 0.5) is 5.69 Å². The van der Waals surface area contributed by atoms with Gasteiger partial charge in [0.2, 0.25) is 0 Å². The molecule has 2 heterocycles. The first kappa shape index (κ1) is 21.8. The molecule has 0 aliphatic carbocycles. The van der Waals surface area contributed by atoms with Gasteiger partial charge in [0, 0.05) is 24.4 Å². The summed E-state index contributed by atoms with van der Waals surface area (Å²) in [5, 5.41) is 10.3. The van der Waals surface area contributed by atoms with Crippen LogP contribution in [-0.4, -0.2) is 40.9 Å². The van der Waals surface area contributed by atoms with Crippen molar-refractivity contribution in [2.75, 3.05) is 18.5 Å². The Morgan fingerprint density at radius 1 is 1.09 bits per heavy atom. The molecule has 0 radical (unpaired) electrons. The fourth-order valence-electron chi connectivity index (χ4n) is 3.86. The van der Waals surface area contributed by atoms with E-state index in [-0.39, 0.29) is 17.9 Å². The highest BCUT2D eigenvalue weighted by molar-refractivity contribution is 6.09. The summed E-state index contributed by atoms with van der Waals surface area (Å²) in [5.74, 6) is -0.487. The van der Waals surface area contributed by atoms with Gasteiger partial charge in [-0.05, 0) is 62.6 Å². The summed E-state index contributed by atoms with van der Waals surface area (Å²) in [6, 6.07) is 16.5. The predicted octanol–water partition coefficient (Wildman–Crippen LogP) is 3.71. The van der Waals surface area contributed by atoms with Crippen molar-refractivity contribution in [1.29, 1.82) is 0 Å². The number of nitrogens with zero attached hydrogens (tertiary/aromatic N) is 2. The lowest BCUT2D eigenvalue weighted by molar-refractivity contribution is 0.0858. The number of carbonyl (C=O) groups excluding carboxylic acids is 2. The second-order valence-electron chi connectivity index (χ2n) is 8.13. The van der Waals surface area contributed by atoms with Crippen LogP contribution >= 0.6 is 0 Å². The highest BCUT2D eigenvalue weighted by Gasteiger charge is 2.18. The highest BCUT2D eigenvalue weighted by atomic mass is 16.5. The van der Waals surface area contributed by atoms with E-state index in [4.69, 9.17) is 4.74 Å². The van der Waals surface area contributed by atoms with E-state index in [9.17, 15) is 9.59 Å². The number of rotatable bonds is 7. The van der Waals surface area contributed by atoms with Gasteiger partial charge in [-0.3, -0.25) is 14.3 Å². The molecular weight excluding hydrogens is 404 g/mol. The fraction of sp³-hybridized carbons (Fsp3) is 0.320. The zero-order valence-corrected chi connectivity index (χ0v) is 18.4. The van der Waals surface area contributed by atoms with E-state index in [1.165, 1.54) is 0 Å². The van der Waals surface area contributed by atoms with Crippen molar-refractivity contribution in [2.45, 2.75) is 39.3 Å². The van der Waals surface area contributed by atoms with E-state index < -0.39 is 0 Å². The van der Waals surface area contributed by atoms with Gasteiger partial charge in [0.1, 0.15) is 0 Å². The van der Waals surface area contributed by atoms with Crippen LogP contribution in [0.5, 0.6) is 0 Å². The summed E-state index contributed by atoms with van der Waals surface area (Å²) >= 11 is 0. The third-order valence-electron chi connectivity index (χ3n) is 5.59. The molecule has 1 saturated heterocycles. The molecule has 1 aliphatic heterocycles. The van der Waals surface area contributed by atoms with Crippen LogP contribution in [-0.2, 0) is 11.3 Å². The van der Waals surface area contributed by atoms with Crippen LogP contribution in [0.25, 0.3) is 0 Å². The van der Waals surface area contributed by atoms with Gasteiger partial charge in [0.15, 0.2) is 0 Å². The van der Waals surface area contributed by atoms with Gasteiger partial charge >= 0.3 is 0 Å². The van der Waals surface area contributed by atoms with Crippen molar-refractivity contribution in [2.24, 2.45) is 0 Å². The number of benzene rings is 2. The molecule has 32 heavy (non-hydrogen) atoms. The quantitative estimate of drug-likeness (QED) is 0.596. The standard InChI is InChI=1S/C25H28N4O3/c1-17-14-18(2)29(28-17)16-19-9-11-20(12-10-19)24(30)27-23-8-4-3-7-22(23)25(31)26-15-21-6-5-13-32-21/h3-4,7-12,14,21H,5-6,13,15-16H2,1-2H3,(H,26,31)(H,27,30)/t21-/m0/s1. The Balaban J connectivity index is 1.40. The fourth-order valence-corrected chi connectivity index (χ4v) is 3.86. The maximum absolute atomic E-state index is 12.8. The largest absolute Gasteiger partial charge is 0.376 e. The zero-order chi connectivity index (χ0) is 22.5. The molecule has 2 amide bonds. The number of nitrogens with one attached hydrogen (secondary N) is 2. The number of aryl methyl sites for hydroxylation is 2. The Bertz CT molecular complexity index is 1100. The summed E-state index contributed by atoms with van der Waals surface area (Å²) in [6.45, 7) is 5.86. The number of para-hydroxylation sites is 1. The Labute approximate surface area is 187 Å². The van der Waals surface area contributed by atoms with Crippen LogP contribution in [0.1, 0.15) is 50.5 Å². The molecule has 7 heteroatoms. The van der Waals surface area contributed by atoms with Gasteiger partial charge in [-0.2, -0.15) is 5.10 Å². The van der Waals surface area contributed by atoms with Crippen molar-refractivity contribution in [3.8, 4) is 0 Å². The predicted molar refractivity (Wildman–Crippen MR) is 123 cm³/mol. The Hall–Kier alpha value is -3.45. The smallest absolute Gasteiger partial charge is 0.255 e. The van der Waals surface area contributed by atoms with E-state index in [2.05, 4.69) is 15.7 Å². The first-order chi connectivity index (χ1) is 15.5. The molecule has 3 aromatic rings. The minimum absolute atomic E-state index is 0.0636. The number of anilines is 1. The summed E-state index contributed by atoms with van der Waals surface area (Å²) in [5.41, 5.74) is 4.57. The number of amides is 2. The summed E-state index contributed by atoms with van der Waals surface area (Å²) in [4.78, 5) is 25.5. The van der Waals surface area contributed by atoms with Crippen molar-refractivity contribution < 1.29 is 14.3 Å². The number of carbonyl (C=O) groups is 2. The minimum Gasteiger partial charge on any atom is -0.376 e. The maximum atomic E-state index is 12.8. The molecule has 1 aliphatic rings. The number of hydrogen-bond acceptors (Lipinski definition) is 4. The molecule has 0 bridgehead atoms. The van der Waals surface area contributed by atoms with Gasteiger partial charge in [-0.25, -0.2) is 0 Å². The molecule has 1 aromatic heterocycles. The average molecular weight is 433 g/mol. The molecule has 0 unspecified atom stereocenters. The Morgan fingerprint density at radius 2 is 1.88 bits per heavy atom. The molecule has 0 spiro atoms. The van der Waals surface area contributed by atoms with Crippen LogP contribution in [0.2, 0.25) is 0 Å². The first-order valence-corrected chi connectivity index (χ1v) is 10.9. The van der Waals surface area contributed by atoms with Crippen molar-refractivity contribution in [3.63, 3.8) is 0 Å². The molecule has 0 saturated carbocycles. The van der Waals surface area contributed by atoms with Crippen LogP contribution in [0, 0.1) is 13.8 Å². The summed E-state index contributed by atoms with van der Waals surface area (Å²) in [6.07, 6.45) is 2.04. The minimum atomic E-state index is -0.262. The average Bonchev–Trinajstić information content (AvgIpc) is 3.42. The second-order valence-corrected chi connectivity index (χ2v) is 8.13. The van der Waals surface area contributed by atoms with Crippen molar-refractivity contribution >= 4 is 17.5 Å². The molecule has 7 nitrogen and oxygen atoms in total. The van der Waals surface area contributed by atoms with Gasteiger partial charge in [-0.1, -0.05) is 24.3 Å². The molecule has 2 N–H and O–H groups in total. The second kappa shape index (κ2) is 9.78. The molecule has 1 fully saturated rings. The van der Waals surface area contributed by atoms with Crippen LogP contribution in [0.15, 0.2) is 54.6 Å². The lowest BCUT2D eigenvalue weighted by atomic mass is 10.1. The monoisotopic (exact) mass is 432 g/mol. The van der Waals surface area contributed by atoms with Gasteiger partial charge < -0.3 is 15.4 Å². The number of ether oxygens (including phenoxy) is 1. The SMILES string of the molecule is Cc1cc(C)n(Cc2ccc(C(=O)Nc3ccccc3C(=O)NC[C@@H]3CCCO3)cc2)n1. The maximum Gasteiger partial charge on any atom is 0.255 e. The first-order valence-electron chi connectivity index (χ1n) is 10.9. The van der Waals surface area contributed by atoms with E-state index in [0.717, 1.165) is 36.4 Å². The highest BCUT2D eigenvalue weighted by Crippen LogP contribution is 2.18. The topological polar surface area (TPSA) is 85.2 Å². The van der Waals surface area contributed by atoms with Crippen molar-refractivity contribution in [1.82, 2.24) is 15.1 Å². The van der Waals surface area contributed by atoms with E-state index >= 15 is 0 Å². The van der Waals surface area contributed by atoms with Gasteiger partial charge in [0.25, 0.3) is 11.8 Å². The number of hydrogen-bond donors (Lipinski definition) is 2. The number of aromatic nitrogens is 2. The summed E-state index contributed by atoms with van der Waals surface area (Å²) < 4.78 is 7.50. The van der Waals surface area contributed by atoms with Gasteiger partial charge in [0.05, 0.1) is 29.6 Å². The molecule has 4 rings (SSSR count). The third-order valence-corrected chi connectivity index (χ3v) is 5.59. The Kier molecular flexibility index (Phi) is 6.66. The third kappa shape index (κ3) is 5.23. The van der Waals surface area contributed by atoms with Gasteiger partial charge in [-0.15, -0.1) is 0 Å². The lowest BCUT2D eigenvalue weighted by Crippen LogP contribution is -2.32. The normalized spacial score (nSPS) is 15.5. The van der Waals surface area contributed by atoms with Crippen molar-refractivity contribution in [3.05, 3.63) is 82.7 Å². The van der Waals surface area contributed by atoms with E-state index in [1.807, 2.05) is 36.7 Å². The van der Waals surface area contributed by atoms with Crippen LogP contribution < -0.4 is 10.6 Å². The molecule has 1 atom stereocenters. The van der Waals surface area contributed by atoms with E-state index in [1.54, 1.807) is 36.4 Å². The zero-order valence-electron chi connectivity index (χ0n) is 18.4.